The van der Waals surface area contributed by atoms with E-state index in [1.807, 2.05) is 26.8 Å². The second-order valence-electron chi connectivity index (χ2n) is 5.02. The van der Waals surface area contributed by atoms with Gasteiger partial charge < -0.3 is 14.5 Å². The third kappa shape index (κ3) is 3.88. The number of nitro groups is 1. The minimum absolute atomic E-state index is 0.0437. The second-order valence-corrected chi connectivity index (χ2v) is 5.02. The molecule has 22 heavy (non-hydrogen) atoms. The lowest BCUT2D eigenvalue weighted by Gasteiger charge is -2.35. The fourth-order valence-corrected chi connectivity index (χ4v) is 2.66. The molecule has 1 heterocycles. The van der Waals surface area contributed by atoms with Crippen LogP contribution in [0.5, 0.6) is 5.75 Å². The van der Waals surface area contributed by atoms with Crippen LogP contribution in [0.25, 0.3) is 0 Å². The summed E-state index contributed by atoms with van der Waals surface area (Å²) in [4.78, 5) is 15.3. The zero-order chi connectivity index (χ0) is 16.7. The lowest BCUT2D eigenvalue weighted by molar-refractivity contribution is -0.385. The Balaban J connectivity index is 0.00000116. The SMILES string of the molecule is CC.CCc1c(N2CCN(C)CC2)ccc([N+](=O)[O-])c1OC. The van der Waals surface area contributed by atoms with Crippen LogP contribution in [-0.4, -0.2) is 50.2 Å². The Bertz CT molecular complexity index is 498. The first-order valence-electron chi connectivity index (χ1n) is 7.86. The first-order chi connectivity index (χ1) is 10.6. The summed E-state index contributed by atoms with van der Waals surface area (Å²) in [6, 6.07) is 3.40. The number of hydrogen-bond acceptors (Lipinski definition) is 5. The van der Waals surface area contributed by atoms with Gasteiger partial charge in [0.2, 0.25) is 5.75 Å². The summed E-state index contributed by atoms with van der Waals surface area (Å²) in [5.41, 5.74) is 2.02. The minimum Gasteiger partial charge on any atom is -0.490 e. The molecule has 1 fully saturated rings. The van der Waals surface area contributed by atoms with Crippen LogP contribution in [0.4, 0.5) is 11.4 Å². The molecule has 124 valence electrons. The fourth-order valence-electron chi connectivity index (χ4n) is 2.66. The molecule has 0 radical (unpaired) electrons. The van der Waals surface area contributed by atoms with E-state index in [4.69, 9.17) is 4.74 Å². The molecule has 0 amide bonds. The number of hydrogen-bond donors (Lipinski definition) is 0. The summed E-state index contributed by atoms with van der Waals surface area (Å²) in [5.74, 6) is 0.397. The number of ether oxygens (including phenoxy) is 1. The molecule has 0 bridgehead atoms. The Morgan fingerprint density at radius 1 is 1.23 bits per heavy atom. The number of nitrogens with zero attached hydrogens (tertiary/aromatic N) is 3. The van der Waals surface area contributed by atoms with Gasteiger partial charge in [0.25, 0.3) is 0 Å². The topological polar surface area (TPSA) is 58.9 Å². The lowest BCUT2D eigenvalue weighted by atomic mass is 10.1. The van der Waals surface area contributed by atoms with Crippen LogP contribution in [0, 0.1) is 10.1 Å². The molecule has 1 saturated heterocycles. The highest BCUT2D eigenvalue weighted by Gasteiger charge is 2.24. The number of benzene rings is 1. The maximum atomic E-state index is 11.1. The van der Waals surface area contributed by atoms with E-state index in [2.05, 4.69) is 16.8 Å². The predicted molar refractivity (Wildman–Crippen MR) is 90.1 cm³/mol. The van der Waals surface area contributed by atoms with Gasteiger partial charge in [-0.15, -0.1) is 0 Å². The molecule has 0 atom stereocenters. The average Bonchev–Trinajstić information content (AvgIpc) is 2.55. The average molecular weight is 309 g/mol. The van der Waals surface area contributed by atoms with Gasteiger partial charge in [-0.1, -0.05) is 20.8 Å². The zero-order valence-corrected chi connectivity index (χ0v) is 14.3. The summed E-state index contributed by atoms with van der Waals surface area (Å²) in [5, 5.41) is 11.1. The van der Waals surface area contributed by atoms with Crippen molar-refractivity contribution < 1.29 is 9.66 Å². The first-order valence-corrected chi connectivity index (χ1v) is 7.86. The minimum atomic E-state index is -0.383. The molecule has 0 unspecified atom stereocenters. The van der Waals surface area contributed by atoms with E-state index in [1.165, 1.54) is 7.11 Å². The molecule has 6 nitrogen and oxygen atoms in total. The van der Waals surface area contributed by atoms with Crippen LogP contribution in [-0.2, 0) is 6.42 Å². The van der Waals surface area contributed by atoms with Crippen LogP contribution < -0.4 is 9.64 Å². The van der Waals surface area contributed by atoms with Gasteiger partial charge >= 0.3 is 5.69 Å². The van der Waals surface area contributed by atoms with Crippen LogP contribution >= 0.6 is 0 Å². The van der Waals surface area contributed by atoms with Crippen molar-refractivity contribution in [3.05, 3.63) is 27.8 Å². The highest BCUT2D eigenvalue weighted by Crippen LogP contribution is 2.38. The van der Waals surface area contributed by atoms with Crippen molar-refractivity contribution in [1.29, 1.82) is 0 Å². The van der Waals surface area contributed by atoms with Crippen molar-refractivity contribution >= 4 is 11.4 Å². The quantitative estimate of drug-likeness (QED) is 0.632. The van der Waals surface area contributed by atoms with Gasteiger partial charge in [-0.2, -0.15) is 0 Å². The highest BCUT2D eigenvalue weighted by atomic mass is 16.6. The molecule has 0 saturated carbocycles. The van der Waals surface area contributed by atoms with E-state index in [1.54, 1.807) is 6.07 Å². The van der Waals surface area contributed by atoms with Crippen molar-refractivity contribution in [2.45, 2.75) is 27.2 Å². The van der Waals surface area contributed by atoms with Gasteiger partial charge in [0.15, 0.2) is 0 Å². The maximum absolute atomic E-state index is 11.1. The number of methoxy groups -OCH3 is 1. The van der Waals surface area contributed by atoms with E-state index in [-0.39, 0.29) is 10.6 Å². The Morgan fingerprint density at radius 2 is 1.82 bits per heavy atom. The third-order valence-electron chi connectivity index (χ3n) is 3.81. The van der Waals surface area contributed by atoms with E-state index in [9.17, 15) is 10.1 Å². The molecule has 0 aromatic heterocycles. The number of rotatable bonds is 4. The molecular weight excluding hydrogens is 282 g/mol. The Morgan fingerprint density at radius 3 is 2.27 bits per heavy atom. The van der Waals surface area contributed by atoms with Crippen LogP contribution in [0.1, 0.15) is 26.3 Å². The maximum Gasteiger partial charge on any atom is 0.311 e. The van der Waals surface area contributed by atoms with Crippen molar-refractivity contribution in [2.75, 3.05) is 45.2 Å². The lowest BCUT2D eigenvalue weighted by Crippen LogP contribution is -2.44. The second kappa shape index (κ2) is 8.58. The van der Waals surface area contributed by atoms with E-state index in [0.717, 1.165) is 37.4 Å². The highest BCUT2D eigenvalue weighted by molar-refractivity contribution is 5.66. The zero-order valence-electron chi connectivity index (χ0n) is 14.3. The van der Waals surface area contributed by atoms with Gasteiger partial charge in [0.1, 0.15) is 0 Å². The van der Waals surface area contributed by atoms with E-state index in [0.29, 0.717) is 12.2 Å². The summed E-state index contributed by atoms with van der Waals surface area (Å²) in [7, 11) is 3.60. The van der Waals surface area contributed by atoms with Crippen LogP contribution in [0.3, 0.4) is 0 Å². The van der Waals surface area contributed by atoms with Gasteiger partial charge in [0.05, 0.1) is 12.0 Å². The van der Waals surface area contributed by atoms with Crippen molar-refractivity contribution in [2.24, 2.45) is 0 Å². The summed E-state index contributed by atoms with van der Waals surface area (Å²) >= 11 is 0. The standard InChI is InChI=1S/C14H21N3O3.C2H6/c1-4-11-12(16-9-7-15(2)8-10-16)5-6-13(17(18)19)14(11)20-3;1-2/h5-6H,4,7-10H2,1-3H3;1-2H3. The molecule has 1 aliphatic heterocycles. The number of nitro benzene ring substituents is 1. The van der Waals surface area contributed by atoms with Crippen molar-refractivity contribution in [3.63, 3.8) is 0 Å². The molecule has 6 heteroatoms. The molecule has 1 aromatic rings. The number of anilines is 1. The Hall–Kier alpha value is -1.82. The fraction of sp³-hybridized carbons (Fsp3) is 0.625. The third-order valence-corrected chi connectivity index (χ3v) is 3.81. The van der Waals surface area contributed by atoms with Gasteiger partial charge in [-0.3, -0.25) is 10.1 Å². The molecule has 2 rings (SSSR count). The van der Waals surface area contributed by atoms with E-state index >= 15 is 0 Å². The van der Waals surface area contributed by atoms with Crippen molar-refractivity contribution in [1.82, 2.24) is 4.90 Å². The van der Waals surface area contributed by atoms with Gasteiger partial charge in [-0.05, 0) is 19.5 Å². The van der Waals surface area contributed by atoms with E-state index < -0.39 is 0 Å². The summed E-state index contributed by atoms with van der Waals surface area (Å²) in [6.07, 6.45) is 0.715. The normalized spacial score (nSPS) is 15.0. The number of likely N-dealkylation sites (N-methyl/N-ethyl adjacent to an activating group) is 1. The van der Waals surface area contributed by atoms with Gasteiger partial charge in [0, 0.05) is 43.5 Å². The predicted octanol–water partition coefficient (Wildman–Crippen LogP) is 2.94. The largest absolute Gasteiger partial charge is 0.490 e. The summed E-state index contributed by atoms with van der Waals surface area (Å²) < 4.78 is 5.30. The Kier molecular flexibility index (Phi) is 7.11. The monoisotopic (exact) mass is 309 g/mol. The van der Waals surface area contributed by atoms with Crippen molar-refractivity contribution in [3.8, 4) is 5.75 Å². The molecule has 1 aromatic carbocycles. The molecule has 1 aliphatic rings. The van der Waals surface area contributed by atoms with Gasteiger partial charge in [-0.25, -0.2) is 0 Å². The first kappa shape index (κ1) is 18.2. The molecule has 0 N–H and O–H groups in total. The summed E-state index contributed by atoms with van der Waals surface area (Å²) in [6.45, 7) is 9.88. The smallest absolute Gasteiger partial charge is 0.311 e. The Labute approximate surface area is 132 Å². The number of piperazine rings is 1. The van der Waals surface area contributed by atoms with Crippen LogP contribution in [0.2, 0.25) is 0 Å². The molecular formula is C16H27N3O3. The van der Waals surface area contributed by atoms with Crippen LogP contribution in [0.15, 0.2) is 12.1 Å². The molecule has 0 spiro atoms. The molecule has 0 aliphatic carbocycles.